The molecular weight excluding hydrogens is 312 g/mol. The van der Waals surface area contributed by atoms with Gasteiger partial charge in [0, 0.05) is 45.9 Å². The molecule has 2 aliphatic heterocycles. The molecule has 0 aromatic rings. The van der Waals surface area contributed by atoms with E-state index >= 15 is 0 Å². The summed E-state index contributed by atoms with van der Waals surface area (Å²) in [6.45, 7) is 7.74. The van der Waals surface area contributed by atoms with Crippen LogP contribution in [0.15, 0.2) is 4.99 Å². The molecule has 1 unspecified atom stereocenters. The zero-order chi connectivity index (χ0) is 16.5. The highest BCUT2D eigenvalue weighted by Gasteiger charge is 2.30. The first kappa shape index (κ1) is 18.4. The van der Waals surface area contributed by atoms with Gasteiger partial charge in [-0.2, -0.15) is 11.8 Å². The Bertz CT molecular complexity index is 392. The molecule has 0 aromatic heterocycles. The maximum atomic E-state index is 12.4. The summed E-state index contributed by atoms with van der Waals surface area (Å²) in [5.74, 6) is 2.30. The zero-order valence-electron chi connectivity index (χ0n) is 14.4. The number of hydrogen-bond acceptors (Lipinski definition) is 4. The highest BCUT2D eigenvalue weighted by molar-refractivity contribution is 7.98. The number of thioether (sulfide) groups is 1. The maximum absolute atomic E-state index is 12.4. The molecular formula is C16H30N4O2S. The number of ether oxygens (including phenoxy) is 1. The van der Waals surface area contributed by atoms with E-state index in [-0.39, 0.29) is 12.0 Å². The number of aliphatic imine (C=N–C) groups is 1. The molecule has 1 amide bonds. The molecule has 23 heavy (non-hydrogen) atoms. The van der Waals surface area contributed by atoms with E-state index in [0.29, 0.717) is 0 Å². The average molecular weight is 343 g/mol. The molecule has 6 nitrogen and oxygen atoms in total. The number of nitrogens with zero attached hydrogens (tertiary/aromatic N) is 3. The lowest BCUT2D eigenvalue weighted by Crippen LogP contribution is -2.55. The van der Waals surface area contributed by atoms with Gasteiger partial charge >= 0.3 is 0 Å². The molecule has 7 heteroatoms. The van der Waals surface area contributed by atoms with Gasteiger partial charge in [0.2, 0.25) is 0 Å². The van der Waals surface area contributed by atoms with Crippen LogP contribution in [-0.4, -0.2) is 85.7 Å². The number of amides is 1. The summed E-state index contributed by atoms with van der Waals surface area (Å²) < 4.78 is 5.51. The summed E-state index contributed by atoms with van der Waals surface area (Å²) in [6.07, 6.45) is 4.91. The lowest BCUT2D eigenvalue weighted by atomic mass is 10.2. The smallest absolute Gasteiger partial charge is 0.251 e. The Morgan fingerprint density at radius 1 is 1.30 bits per heavy atom. The minimum Gasteiger partial charge on any atom is -0.368 e. The van der Waals surface area contributed by atoms with E-state index in [9.17, 15) is 4.79 Å². The minimum absolute atomic E-state index is 0.170. The van der Waals surface area contributed by atoms with Crippen LogP contribution >= 0.6 is 11.8 Å². The van der Waals surface area contributed by atoms with Crippen molar-refractivity contribution in [3.05, 3.63) is 0 Å². The first-order chi connectivity index (χ1) is 11.3. The van der Waals surface area contributed by atoms with Crippen molar-refractivity contribution < 1.29 is 9.53 Å². The first-order valence-electron chi connectivity index (χ1n) is 8.68. The number of piperazine rings is 1. The minimum atomic E-state index is -0.199. The van der Waals surface area contributed by atoms with E-state index in [4.69, 9.17) is 9.73 Å². The summed E-state index contributed by atoms with van der Waals surface area (Å²) in [6, 6.07) is 0. The Kier molecular flexibility index (Phi) is 8.02. The normalized spacial score (nSPS) is 22.5. The summed E-state index contributed by atoms with van der Waals surface area (Å²) in [5, 5.41) is 3.37. The standard InChI is InChI=1S/C16H30N4O2S/c1-3-17-16(18-7-5-13-23-2)20-10-8-19(9-11-20)15(21)14-6-4-12-22-14/h14H,3-13H2,1-2H3,(H,17,18). The second kappa shape index (κ2) is 10.0. The second-order valence-electron chi connectivity index (χ2n) is 5.90. The summed E-state index contributed by atoms with van der Waals surface area (Å²) >= 11 is 1.86. The highest BCUT2D eigenvalue weighted by Crippen LogP contribution is 2.16. The van der Waals surface area contributed by atoms with E-state index in [0.717, 1.165) is 76.9 Å². The quantitative estimate of drug-likeness (QED) is 0.444. The van der Waals surface area contributed by atoms with Crippen molar-refractivity contribution in [2.45, 2.75) is 32.3 Å². The van der Waals surface area contributed by atoms with Crippen LogP contribution in [0.1, 0.15) is 26.2 Å². The van der Waals surface area contributed by atoms with E-state index in [1.54, 1.807) is 0 Å². The molecule has 2 rings (SSSR count). The molecule has 2 saturated heterocycles. The third-order valence-corrected chi connectivity index (χ3v) is 4.90. The Labute approximate surface area is 144 Å². The second-order valence-corrected chi connectivity index (χ2v) is 6.88. The first-order valence-corrected chi connectivity index (χ1v) is 10.1. The van der Waals surface area contributed by atoms with E-state index in [1.165, 1.54) is 0 Å². The van der Waals surface area contributed by atoms with Crippen LogP contribution in [0.25, 0.3) is 0 Å². The fraction of sp³-hybridized carbons (Fsp3) is 0.875. The lowest BCUT2D eigenvalue weighted by Gasteiger charge is -2.37. The molecule has 1 atom stereocenters. The SMILES string of the molecule is CCNC(=NCCCSC)N1CCN(C(=O)C2CCCO2)CC1. The van der Waals surface area contributed by atoms with Crippen molar-refractivity contribution in [2.24, 2.45) is 4.99 Å². The van der Waals surface area contributed by atoms with Crippen molar-refractivity contribution in [1.82, 2.24) is 15.1 Å². The number of nitrogens with one attached hydrogen (secondary N) is 1. The summed E-state index contributed by atoms with van der Waals surface area (Å²) in [7, 11) is 0. The lowest BCUT2D eigenvalue weighted by molar-refractivity contribution is -0.142. The van der Waals surface area contributed by atoms with Gasteiger partial charge in [-0.25, -0.2) is 0 Å². The van der Waals surface area contributed by atoms with Crippen molar-refractivity contribution >= 4 is 23.6 Å². The molecule has 0 radical (unpaired) electrons. The van der Waals surface area contributed by atoms with Crippen LogP contribution in [0.3, 0.4) is 0 Å². The van der Waals surface area contributed by atoms with Crippen LogP contribution in [0, 0.1) is 0 Å². The molecule has 0 aliphatic carbocycles. The van der Waals surface area contributed by atoms with Crippen LogP contribution in [-0.2, 0) is 9.53 Å². The number of carbonyl (C=O) groups excluding carboxylic acids is 1. The molecule has 2 fully saturated rings. The zero-order valence-corrected chi connectivity index (χ0v) is 15.2. The van der Waals surface area contributed by atoms with Gasteiger partial charge in [0.15, 0.2) is 5.96 Å². The molecule has 0 spiro atoms. The highest BCUT2D eigenvalue weighted by atomic mass is 32.2. The largest absolute Gasteiger partial charge is 0.368 e. The van der Waals surface area contributed by atoms with E-state index in [2.05, 4.69) is 23.4 Å². The number of hydrogen-bond donors (Lipinski definition) is 1. The molecule has 1 N–H and O–H groups in total. The molecule has 0 bridgehead atoms. The topological polar surface area (TPSA) is 57.2 Å². The Hall–Kier alpha value is -0.950. The van der Waals surface area contributed by atoms with Gasteiger partial charge in [0.1, 0.15) is 6.10 Å². The predicted octanol–water partition coefficient (Wildman–Crippen LogP) is 1.03. The van der Waals surface area contributed by atoms with Gasteiger partial charge in [-0.15, -0.1) is 0 Å². The molecule has 0 aromatic carbocycles. The van der Waals surface area contributed by atoms with Gasteiger partial charge in [-0.3, -0.25) is 9.79 Å². The monoisotopic (exact) mass is 342 g/mol. The van der Waals surface area contributed by atoms with Crippen LogP contribution in [0.2, 0.25) is 0 Å². The van der Waals surface area contributed by atoms with Crippen molar-refractivity contribution in [2.75, 3.05) is 57.9 Å². The van der Waals surface area contributed by atoms with Crippen molar-refractivity contribution in [3.8, 4) is 0 Å². The fourth-order valence-electron chi connectivity index (χ4n) is 2.93. The fourth-order valence-corrected chi connectivity index (χ4v) is 3.35. The third-order valence-electron chi connectivity index (χ3n) is 4.20. The van der Waals surface area contributed by atoms with Gasteiger partial charge in [-0.1, -0.05) is 0 Å². The van der Waals surface area contributed by atoms with Crippen molar-refractivity contribution in [3.63, 3.8) is 0 Å². The molecule has 2 aliphatic rings. The van der Waals surface area contributed by atoms with Crippen molar-refractivity contribution in [1.29, 1.82) is 0 Å². The number of carbonyl (C=O) groups is 1. The summed E-state index contributed by atoms with van der Waals surface area (Å²) in [4.78, 5) is 21.3. The number of guanidine groups is 1. The molecule has 0 saturated carbocycles. The maximum Gasteiger partial charge on any atom is 0.251 e. The number of rotatable bonds is 6. The molecule has 2 heterocycles. The van der Waals surface area contributed by atoms with Crippen LogP contribution in [0.5, 0.6) is 0 Å². The Balaban J connectivity index is 1.81. The van der Waals surface area contributed by atoms with Gasteiger partial charge in [0.05, 0.1) is 0 Å². The summed E-state index contributed by atoms with van der Waals surface area (Å²) in [5.41, 5.74) is 0. The van der Waals surface area contributed by atoms with E-state index < -0.39 is 0 Å². The van der Waals surface area contributed by atoms with Crippen LogP contribution < -0.4 is 5.32 Å². The van der Waals surface area contributed by atoms with Crippen LogP contribution in [0.4, 0.5) is 0 Å². The average Bonchev–Trinajstić information content (AvgIpc) is 3.12. The van der Waals surface area contributed by atoms with Gasteiger partial charge in [-0.05, 0) is 38.2 Å². The Morgan fingerprint density at radius 2 is 2.04 bits per heavy atom. The van der Waals surface area contributed by atoms with E-state index in [1.807, 2.05) is 16.7 Å². The predicted molar refractivity (Wildman–Crippen MR) is 96.1 cm³/mol. The Morgan fingerprint density at radius 3 is 2.65 bits per heavy atom. The van der Waals surface area contributed by atoms with Gasteiger partial charge in [0.25, 0.3) is 5.91 Å². The van der Waals surface area contributed by atoms with Gasteiger partial charge < -0.3 is 19.9 Å². The third kappa shape index (κ3) is 5.57. The molecule has 132 valence electrons.